The average molecular weight is 224 g/mol. The van der Waals surface area contributed by atoms with Crippen molar-refractivity contribution in [2.45, 2.75) is 39.5 Å². The summed E-state index contributed by atoms with van der Waals surface area (Å²) in [5.41, 5.74) is 0.497. The van der Waals surface area contributed by atoms with Crippen LogP contribution in [0.4, 0.5) is 0 Å². The van der Waals surface area contributed by atoms with E-state index in [1.54, 1.807) is 0 Å². The molecule has 0 aromatic rings. The van der Waals surface area contributed by atoms with Crippen molar-refractivity contribution in [2.75, 3.05) is 19.6 Å². The van der Waals surface area contributed by atoms with Crippen molar-refractivity contribution in [3.05, 3.63) is 0 Å². The van der Waals surface area contributed by atoms with E-state index < -0.39 is 0 Å². The Bertz CT molecular complexity index is 255. The van der Waals surface area contributed by atoms with Crippen LogP contribution in [0, 0.1) is 17.3 Å². The van der Waals surface area contributed by atoms with Gasteiger partial charge in [0, 0.05) is 13.1 Å². The van der Waals surface area contributed by atoms with Crippen LogP contribution in [0.25, 0.3) is 0 Å². The molecule has 2 saturated carbocycles. The molecular formula is C13H24N2O. The number of nitrogens with one attached hydrogen (secondary N) is 2. The number of rotatable bonds is 7. The highest BCUT2D eigenvalue weighted by atomic mass is 16.1. The third-order valence-electron chi connectivity index (χ3n) is 4.16. The van der Waals surface area contributed by atoms with Gasteiger partial charge in [0.2, 0.25) is 5.91 Å². The molecule has 0 bridgehead atoms. The summed E-state index contributed by atoms with van der Waals surface area (Å²) in [6.07, 6.45) is 5.23. The van der Waals surface area contributed by atoms with E-state index in [2.05, 4.69) is 24.5 Å². The van der Waals surface area contributed by atoms with E-state index >= 15 is 0 Å². The fraction of sp³-hybridized carbons (Fsp3) is 0.923. The Labute approximate surface area is 98.4 Å². The zero-order valence-electron chi connectivity index (χ0n) is 10.5. The molecule has 0 unspecified atom stereocenters. The van der Waals surface area contributed by atoms with E-state index in [0.29, 0.717) is 12.0 Å². The third kappa shape index (κ3) is 3.21. The Hall–Kier alpha value is -0.570. The zero-order valence-corrected chi connectivity index (χ0v) is 10.5. The Kier molecular flexibility index (Phi) is 3.53. The minimum atomic E-state index is 0.159. The number of carbonyl (C=O) groups excluding carboxylic acids is 1. The standard InChI is InChI=1S/C13H24N2O/c1-10(2)13(5-6-13)9-14-8-12(16)15-7-11-3-4-11/h10-11,14H,3-9H2,1-2H3,(H,15,16). The molecule has 0 heterocycles. The smallest absolute Gasteiger partial charge is 0.233 e. The van der Waals surface area contributed by atoms with Crippen LogP contribution in [0.3, 0.4) is 0 Å². The van der Waals surface area contributed by atoms with Crippen LogP contribution in [0.15, 0.2) is 0 Å². The molecule has 92 valence electrons. The van der Waals surface area contributed by atoms with Gasteiger partial charge in [0.25, 0.3) is 0 Å². The molecular weight excluding hydrogens is 200 g/mol. The van der Waals surface area contributed by atoms with Gasteiger partial charge in [-0.3, -0.25) is 4.79 Å². The first-order valence-corrected chi connectivity index (χ1v) is 6.60. The number of carbonyl (C=O) groups is 1. The van der Waals surface area contributed by atoms with Gasteiger partial charge in [-0.1, -0.05) is 13.8 Å². The molecule has 0 radical (unpaired) electrons. The van der Waals surface area contributed by atoms with E-state index in [-0.39, 0.29) is 5.91 Å². The molecule has 0 atom stereocenters. The highest BCUT2D eigenvalue weighted by Gasteiger charge is 2.44. The van der Waals surface area contributed by atoms with Crippen molar-refractivity contribution in [3.63, 3.8) is 0 Å². The van der Waals surface area contributed by atoms with Crippen LogP contribution >= 0.6 is 0 Å². The third-order valence-corrected chi connectivity index (χ3v) is 4.16. The summed E-state index contributed by atoms with van der Waals surface area (Å²) in [5.74, 6) is 1.66. The van der Waals surface area contributed by atoms with Crippen LogP contribution in [0.2, 0.25) is 0 Å². The number of hydrogen-bond acceptors (Lipinski definition) is 2. The monoisotopic (exact) mass is 224 g/mol. The summed E-state index contributed by atoms with van der Waals surface area (Å²) in [6, 6.07) is 0. The Morgan fingerprint density at radius 2 is 2.06 bits per heavy atom. The fourth-order valence-electron chi connectivity index (χ4n) is 2.19. The van der Waals surface area contributed by atoms with Crippen molar-refractivity contribution in [1.82, 2.24) is 10.6 Å². The fourth-order valence-corrected chi connectivity index (χ4v) is 2.19. The Morgan fingerprint density at radius 1 is 1.38 bits per heavy atom. The molecule has 2 aliphatic rings. The first-order chi connectivity index (χ1) is 7.62. The summed E-state index contributed by atoms with van der Waals surface area (Å²) >= 11 is 0. The van der Waals surface area contributed by atoms with E-state index in [9.17, 15) is 4.79 Å². The zero-order chi connectivity index (χ0) is 11.6. The molecule has 3 heteroatoms. The van der Waals surface area contributed by atoms with Gasteiger partial charge in [-0.2, -0.15) is 0 Å². The lowest BCUT2D eigenvalue weighted by Crippen LogP contribution is -2.38. The van der Waals surface area contributed by atoms with Crippen LogP contribution in [-0.2, 0) is 4.79 Å². The van der Waals surface area contributed by atoms with Crippen molar-refractivity contribution < 1.29 is 4.79 Å². The van der Waals surface area contributed by atoms with Crippen LogP contribution in [0.1, 0.15) is 39.5 Å². The van der Waals surface area contributed by atoms with Gasteiger partial charge in [-0.05, 0) is 42.9 Å². The highest BCUT2D eigenvalue weighted by Crippen LogP contribution is 2.51. The average Bonchev–Trinajstić information content (AvgIpc) is 3.10. The summed E-state index contributed by atoms with van der Waals surface area (Å²) in [6.45, 7) is 6.93. The van der Waals surface area contributed by atoms with Crippen molar-refractivity contribution >= 4 is 5.91 Å². The van der Waals surface area contributed by atoms with Crippen molar-refractivity contribution in [3.8, 4) is 0 Å². The molecule has 2 aliphatic carbocycles. The van der Waals surface area contributed by atoms with Gasteiger partial charge < -0.3 is 10.6 Å². The molecule has 1 amide bonds. The Balaban J connectivity index is 1.55. The number of amides is 1. The predicted molar refractivity (Wildman–Crippen MR) is 65.1 cm³/mol. The van der Waals surface area contributed by atoms with Crippen LogP contribution in [-0.4, -0.2) is 25.5 Å². The van der Waals surface area contributed by atoms with Gasteiger partial charge in [-0.15, -0.1) is 0 Å². The molecule has 0 aliphatic heterocycles. The van der Waals surface area contributed by atoms with Crippen LogP contribution < -0.4 is 10.6 Å². The molecule has 2 fully saturated rings. The SMILES string of the molecule is CC(C)C1(CNCC(=O)NCC2CC2)CC1. The highest BCUT2D eigenvalue weighted by molar-refractivity contribution is 5.78. The van der Waals surface area contributed by atoms with E-state index in [4.69, 9.17) is 0 Å². The molecule has 0 aromatic heterocycles. The second-order valence-electron chi connectivity index (χ2n) is 5.87. The molecule has 16 heavy (non-hydrogen) atoms. The first kappa shape index (κ1) is 11.9. The largest absolute Gasteiger partial charge is 0.355 e. The second kappa shape index (κ2) is 4.74. The maximum atomic E-state index is 11.5. The normalized spacial score (nSPS) is 22.2. The topological polar surface area (TPSA) is 41.1 Å². The first-order valence-electron chi connectivity index (χ1n) is 6.60. The lowest BCUT2D eigenvalue weighted by Gasteiger charge is -2.19. The minimum absolute atomic E-state index is 0.159. The van der Waals surface area contributed by atoms with Crippen molar-refractivity contribution in [2.24, 2.45) is 17.3 Å². The number of hydrogen-bond donors (Lipinski definition) is 2. The van der Waals surface area contributed by atoms with Gasteiger partial charge in [0.15, 0.2) is 0 Å². The quantitative estimate of drug-likeness (QED) is 0.688. The summed E-state index contributed by atoms with van der Waals surface area (Å²) in [5, 5.41) is 6.28. The minimum Gasteiger partial charge on any atom is -0.355 e. The molecule has 0 aromatic carbocycles. The van der Waals surface area contributed by atoms with Gasteiger partial charge in [0.05, 0.1) is 6.54 Å². The van der Waals surface area contributed by atoms with E-state index in [1.807, 2.05) is 0 Å². The summed E-state index contributed by atoms with van der Waals surface area (Å²) in [4.78, 5) is 11.5. The van der Waals surface area contributed by atoms with Gasteiger partial charge >= 0.3 is 0 Å². The molecule has 2 N–H and O–H groups in total. The lowest BCUT2D eigenvalue weighted by molar-refractivity contribution is -0.120. The maximum absolute atomic E-state index is 11.5. The maximum Gasteiger partial charge on any atom is 0.233 e. The Morgan fingerprint density at radius 3 is 2.56 bits per heavy atom. The van der Waals surface area contributed by atoms with Gasteiger partial charge in [-0.25, -0.2) is 0 Å². The second-order valence-corrected chi connectivity index (χ2v) is 5.87. The van der Waals surface area contributed by atoms with Crippen molar-refractivity contribution in [1.29, 1.82) is 0 Å². The molecule has 0 saturated heterocycles. The summed E-state index contributed by atoms with van der Waals surface area (Å²) in [7, 11) is 0. The molecule has 0 spiro atoms. The molecule has 2 rings (SSSR count). The molecule has 3 nitrogen and oxygen atoms in total. The predicted octanol–water partition coefficient (Wildman–Crippen LogP) is 1.54. The van der Waals surface area contributed by atoms with E-state index in [1.165, 1.54) is 25.7 Å². The van der Waals surface area contributed by atoms with Crippen LogP contribution in [0.5, 0.6) is 0 Å². The van der Waals surface area contributed by atoms with Gasteiger partial charge in [0.1, 0.15) is 0 Å². The van der Waals surface area contributed by atoms with E-state index in [0.717, 1.165) is 24.9 Å². The summed E-state index contributed by atoms with van der Waals surface area (Å²) < 4.78 is 0. The lowest BCUT2D eigenvalue weighted by atomic mass is 9.92.